The number of aromatic nitrogens is 7. The van der Waals surface area contributed by atoms with E-state index in [9.17, 15) is 33.2 Å². The zero-order valence-corrected chi connectivity index (χ0v) is 23.8. The average molecular weight is 660 g/mol. The summed E-state index contributed by atoms with van der Waals surface area (Å²) in [6, 6.07) is 0. The molecule has 3 fully saturated rings. The smallest absolute Gasteiger partial charge is 0.387 e. The fourth-order valence-corrected chi connectivity index (χ4v) is 7.26. The van der Waals surface area contributed by atoms with E-state index in [1.54, 1.807) is 0 Å². The third-order valence-corrected chi connectivity index (χ3v) is 9.36. The van der Waals surface area contributed by atoms with E-state index in [1.165, 1.54) is 17.2 Å². The molecule has 4 aromatic rings. The summed E-state index contributed by atoms with van der Waals surface area (Å²) in [6.07, 6.45) is -5.61. The van der Waals surface area contributed by atoms with Crippen molar-refractivity contribution in [2.75, 3.05) is 18.9 Å². The highest BCUT2D eigenvalue weighted by Gasteiger charge is 2.52. The van der Waals surface area contributed by atoms with E-state index in [0.717, 1.165) is 17.1 Å². The monoisotopic (exact) mass is 660 g/mol. The van der Waals surface area contributed by atoms with E-state index in [1.807, 2.05) is 0 Å². The van der Waals surface area contributed by atoms with Crippen molar-refractivity contribution in [1.82, 2.24) is 34.1 Å². The first-order valence-corrected chi connectivity index (χ1v) is 15.9. The van der Waals surface area contributed by atoms with Crippen LogP contribution in [0.2, 0.25) is 0 Å². The number of aliphatic hydroxyl groups is 1. The zero-order chi connectivity index (χ0) is 31.0. The molecule has 0 saturated carbocycles. The van der Waals surface area contributed by atoms with Gasteiger partial charge in [0.1, 0.15) is 54.0 Å². The molecule has 7 heterocycles. The van der Waals surface area contributed by atoms with Crippen LogP contribution in [0.1, 0.15) is 18.9 Å². The lowest BCUT2D eigenvalue weighted by Gasteiger charge is -2.25. The number of hydrogen-bond donors (Lipinski definition) is 5. The van der Waals surface area contributed by atoms with E-state index in [4.69, 9.17) is 33.3 Å². The second-order valence-electron chi connectivity index (χ2n) is 10.1. The first kappa shape index (κ1) is 29.5. The summed E-state index contributed by atoms with van der Waals surface area (Å²) in [4.78, 5) is 51.7. The van der Waals surface area contributed by atoms with Gasteiger partial charge in [-0.1, -0.05) is 0 Å². The first-order valence-electron chi connectivity index (χ1n) is 12.9. The minimum atomic E-state index is -5.06. The van der Waals surface area contributed by atoms with Gasteiger partial charge in [-0.3, -0.25) is 27.5 Å². The van der Waals surface area contributed by atoms with Crippen LogP contribution in [-0.2, 0) is 36.7 Å². The summed E-state index contributed by atoms with van der Waals surface area (Å²) < 4.78 is 76.0. The van der Waals surface area contributed by atoms with Gasteiger partial charge >= 0.3 is 15.6 Å². The Morgan fingerprint density at radius 1 is 0.977 bits per heavy atom. The maximum absolute atomic E-state index is 14.7. The van der Waals surface area contributed by atoms with Gasteiger partial charge in [0.05, 0.1) is 25.9 Å². The lowest BCUT2D eigenvalue weighted by molar-refractivity contribution is -0.0670. The fraction of sp³-hybridized carbons (Fsp3) is 0.476. The molecule has 0 radical (unpaired) electrons. The Morgan fingerprint density at radius 3 is 2.52 bits per heavy atom. The minimum absolute atomic E-state index is 0.0838. The number of fused-ring (bicyclic) bond motifs is 5. The summed E-state index contributed by atoms with van der Waals surface area (Å²) in [5, 5.41) is 10.5. The van der Waals surface area contributed by atoms with Crippen LogP contribution in [-0.4, -0.2) is 92.7 Å². The SMILES string of the molecule is Nc1ncnc2c1ncn2[C@H]1C[C@@H]2OP(=O)(O)OC[C@H]3O[C@@H](n4cc(F)c5c(=O)[nH]cnc54)[C@H](OP(=O)(O)OC[C@H]2O1)[C@@H]3O. The third-order valence-electron chi connectivity index (χ3n) is 7.36. The number of aliphatic hydroxyl groups excluding tert-OH is 1. The van der Waals surface area contributed by atoms with Crippen molar-refractivity contribution in [1.29, 1.82) is 0 Å². The highest BCUT2D eigenvalue weighted by molar-refractivity contribution is 7.47. The van der Waals surface area contributed by atoms with Gasteiger partial charge in [0.2, 0.25) is 0 Å². The van der Waals surface area contributed by atoms with Gasteiger partial charge in [0.25, 0.3) is 5.56 Å². The van der Waals surface area contributed by atoms with Crippen molar-refractivity contribution in [2.45, 2.75) is 49.4 Å². The Bertz CT molecular complexity index is 1900. The maximum Gasteiger partial charge on any atom is 0.472 e. The van der Waals surface area contributed by atoms with Crippen LogP contribution in [0.4, 0.5) is 10.2 Å². The van der Waals surface area contributed by atoms with Crippen LogP contribution < -0.4 is 11.3 Å². The standard InChI is InChI=1S/C21H23FN8O12P2/c22-8-2-29(18-13(8)20(32)27-6-25-18)21-16-15(31)11(40-21)4-38-43(33,34)41-9-1-12(39-10(9)3-37-44(35,36)42-16)30-7-28-14-17(23)24-5-26-19(14)30/h2,5-7,9-12,15-16,21,31H,1,3-4H2,(H,33,34)(H,35,36)(H2,23,24,26)(H,25,27,32)/t9-,10+,11+,12+,15+,16+,21+/m0/s1. The molecule has 0 amide bonds. The number of hydrogen-bond acceptors (Lipinski definition) is 15. The second-order valence-corrected chi connectivity index (χ2v) is 12.9. The van der Waals surface area contributed by atoms with Crippen LogP contribution in [0.5, 0.6) is 0 Å². The topological polar surface area (TPSA) is 271 Å². The Kier molecular flexibility index (Phi) is 7.18. The number of halogens is 1. The minimum Gasteiger partial charge on any atom is -0.387 e. The van der Waals surface area contributed by atoms with Gasteiger partial charge in [0.15, 0.2) is 29.2 Å². The zero-order valence-electron chi connectivity index (χ0n) is 22.0. The van der Waals surface area contributed by atoms with Crippen molar-refractivity contribution in [3.63, 3.8) is 0 Å². The summed E-state index contributed by atoms with van der Waals surface area (Å²) in [5.41, 5.74) is 5.36. The Hall–Kier alpha value is -3.20. The van der Waals surface area contributed by atoms with Gasteiger partial charge in [0, 0.05) is 12.6 Å². The maximum atomic E-state index is 14.7. The van der Waals surface area contributed by atoms with Crippen LogP contribution in [0.25, 0.3) is 22.2 Å². The molecule has 20 nitrogen and oxygen atoms in total. The number of nitrogens with one attached hydrogen (secondary N) is 1. The molecule has 4 aromatic heterocycles. The predicted octanol–water partition coefficient (Wildman–Crippen LogP) is -0.150. The summed E-state index contributed by atoms with van der Waals surface area (Å²) in [7, 11) is -9.96. The van der Waals surface area contributed by atoms with Crippen molar-refractivity contribution >= 4 is 43.7 Å². The number of rotatable bonds is 2. The summed E-state index contributed by atoms with van der Waals surface area (Å²) in [6.45, 7) is -1.48. The van der Waals surface area contributed by atoms with Crippen LogP contribution >= 0.6 is 15.6 Å². The third kappa shape index (κ3) is 5.15. The molecular weight excluding hydrogens is 637 g/mol. The number of ether oxygens (including phenoxy) is 2. The largest absolute Gasteiger partial charge is 0.472 e. The molecule has 0 spiro atoms. The number of imidazole rings is 1. The molecular formula is C21H23FN8O12P2. The number of anilines is 1. The molecule has 3 aliphatic heterocycles. The van der Waals surface area contributed by atoms with Crippen LogP contribution in [0, 0.1) is 5.82 Å². The van der Waals surface area contributed by atoms with E-state index in [0.29, 0.717) is 0 Å². The average Bonchev–Trinajstić information content (AvgIpc) is 3.72. The molecule has 2 unspecified atom stereocenters. The molecule has 9 atom stereocenters. The summed E-state index contributed by atoms with van der Waals surface area (Å²) in [5.74, 6) is -0.896. The van der Waals surface area contributed by atoms with Crippen molar-refractivity contribution in [3.8, 4) is 0 Å². The first-order chi connectivity index (χ1) is 20.9. The predicted molar refractivity (Wildman–Crippen MR) is 140 cm³/mol. The number of nitrogens with two attached hydrogens (primary N) is 1. The molecule has 6 N–H and O–H groups in total. The van der Waals surface area contributed by atoms with E-state index in [-0.39, 0.29) is 29.0 Å². The number of H-pyrrole nitrogens is 1. The molecule has 23 heteroatoms. The Balaban J connectivity index is 1.19. The molecule has 3 saturated heterocycles. The van der Waals surface area contributed by atoms with Gasteiger partial charge in [-0.25, -0.2) is 33.5 Å². The number of nitrogens with zero attached hydrogens (tertiary/aromatic N) is 6. The second kappa shape index (κ2) is 10.7. The molecule has 0 aromatic carbocycles. The summed E-state index contributed by atoms with van der Waals surface area (Å²) >= 11 is 0. The van der Waals surface area contributed by atoms with Gasteiger partial charge in [-0.05, 0) is 0 Å². The lowest BCUT2D eigenvalue weighted by atomic mass is 10.1. The van der Waals surface area contributed by atoms with Crippen molar-refractivity contribution in [2.24, 2.45) is 0 Å². The van der Waals surface area contributed by atoms with Crippen molar-refractivity contribution < 1.29 is 56.0 Å². The number of phosphoric ester groups is 2. The molecule has 2 bridgehead atoms. The fourth-order valence-electron chi connectivity index (χ4n) is 5.37. The van der Waals surface area contributed by atoms with Crippen LogP contribution in [0.3, 0.4) is 0 Å². The van der Waals surface area contributed by atoms with E-state index >= 15 is 0 Å². The normalized spacial score (nSPS) is 36.6. The van der Waals surface area contributed by atoms with Gasteiger partial charge in [-0.15, -0.1) is 0 Å². The number of aromatic amines is 1. The molecule has 236 valence electrons. The van der Waals surface area contributed by atoms with Gasteiger partial charge < -0.3 is 39.7 Å². The van der Waals surface area contributed by atoms with E-state index in [2.05, 4.69) is 24.9 Å². The quantitative estimate of drug-likeness (QED) is 0.175. The van der Waals surface area contributed by atoms with E-state index < -0.39 is 88.6 Å². The van der Waals surface area contributed by atoms with Gasteiger partial charge in [-0.2, -0.15) is 0 Å². The molecule has 0 aliphatic carbocycles. The molecule has 44 heavy (non-hydrogen) atoms. The molecule has 7 rings (SSSR count). The number of nitrogen functional groups attached to an aromatic ring is 1. The highest BCUT2D eigenvalue weighted by atomic mass is 31.2. The number of phosphoric acid groups is 2. The highest BCUT2D eigenvalue weighted by Crippen LogP contribution is 2.53. The van der Waals surface area contributed by atoms with Crippen LogP contribution in [0.15, 0.2) is 30.0 Å². The van der Waals surface area contributed by atoms with Crippen molar-refractivity contribution in [3.05, 3.63) is 41.3 Å². The lowest BCUT2D eigenvalue weighted by Crippen LogP contribution is -2.35. The Morgan fingerprint density at radius 2 is 1.73 bits per heavy atom. The Labute approximate surface area is 243 Å². The molecule has 3 aliphatic rings.